The first-order chi connectivity index (χ1) is 22.8. The molecule has 246 valence electrons. The highest BCUT2D eigenvalue weighted by Gasteiger charge is 2.43. The van der Waals surface area contributed by atoms with Crippen LogP contribution in [0.15, 0.2) is 72.8 Å². The molecule has 0 saturated heterocycles. The molecule has 0 radical (unpaired) electrons. The Kier molecular flexibility index (Phi) is 9.90. The van der Waals surface area contributed by atoms with E-state index in [0.717, 1.165) is 59.9 Å². The van der Waals surface area contributed by atoms with Crippen molar-refractivity contribution in [2.24, 2.45) is 0 Å². The van der Waals surface area contributed by atoms with E-state index in [1.165, 1.54) is 4.90 Å². The van der Waals surface area contributed by atoms with E-state index in [2.05, 4.69) is 6.07 Å². The summed E-state index contributed by atoms with van der Waals surface area (Å²) in [7, 11) is 0. The minimum atomic E-state index is -0.976. The number of aryl methyl sites for hydroxylation is 1. The van der Waals surface area contributed by atoms with Gasteiger partial charge in [0, 0.05) is 25.6 Å². The molecule has 3 amide bonds. The van der Waals surface area contributed by atoms with E-state index >= 15 is 0 Å². The van der Waals surface area contributed by atoms with Gasteiger partial charge in [-0.15, -0.1) is 0 Å². The van der Waals surface area contributed by atoms with Crippen molar-refractivity contribution >= 4 is 29.6 Å². The second kappa shape index (κ2) is 14.4. The summed E-state index contributed by atoms with van der Waals surface area (Å²) in [4.78, 5) is 59.0. The third-order valence-electron chi connectivity index (χ3n) is 9.75. The summed E-state index contributed by atoms with van der Waals surface area (Å²) >= 11 is 0. The monoisotopic (exact) mass is 637 g/mol. The van der Waals surface area contributed by atoms with E-state index in [9.17, 15) is 24.3 Å². The number of para-hydroxylation sites is 1. The molecule has 9 nitrogen and oxygen atoms in total. The molecule has 9 heteroatoms. The molecule has 1 aliphatic carbocycles. The van der Waals surface area contributed by atoms with Crippen molar-refractivity contribution in [3.8, 4) is 0 Å². The number of fused-ring (bicyclic) bond motifs is 2. The van der Waals surface area contributed by atoms with Gasteiger partial charge in [0.05, 0.1) is 18.7 Å². The lowest BCUT2D eigenvalue weighted by Crippen LogP contribution is -2.54. The Hall–Kier alpha value is -4.66. The summed E-state index contributed by atoms with van der Waals surface area (Å²) in [5.41, 5.74) is 5.68. The fourth-order valence-electron chi connectivity index (χ4n) is 7.32. The predicted molar refractivity (Wildman–Crippen MR) is 178 cm³/mol. The predicted octanol–water partition coefficient (Wildman–Crippen LogP) is 5.69. The summed E-state index contributed by atoms with van der Waals surface area (Å²) in [5, 5.41) is 9.69. The molecule has 6 rings (SSSR count). The van der Waals surface area contributed by atoms with Gasteiger partial charge >= 0.3 is 12.1 Å². The van der Waals surface area contributed by atoms with Crippen LogP contribution in [0.4, 0.5) is 10.5 Å². The van der Waals surface area contributed by atoms with Crippen molar-refractivity contribution in [3.05, 3.63) is 101 Å². The van der Waals surface area contributed by atoms with Crippen molar-refractivity contribution < 1.29 is 29.0 Å². The van der Waals surface area contributed by atoms with Crippen LogP contribution >= 0.6 is 0 Å². The first-order valence-corrected chi connectivity index (χ1v) is 16.8. The summed E-state index contributed by atoms with van der Waals surface area (Å²) in [6, 6.07) is 21.9. The van der Waals surface area contributed by atoms with E-state index < -0.39 is 24.1 Å². The van der Waals surface area contributed by atoms with E-state index in [-0.39, 0.29) is 44.0 Å². The van der Waals surface area contributed by atoms with Gasteiger partial charge in [0.2, 0.25) is 11.8 Å². The summed E-state index contributed by atoms with van der Waals surface area (Å²) < 4.78 is 5.98. The van der Waals surface area contributed by atoms with Crippen LogP contribution in [0.25, 0.3) is 0 Å². The molecule has 0 bridgehead atoms. The van der Waals surface area contributed by atoms with Crippen LogP contribution in [0.5, 0.6) is 0 Å². The highest BCUT2D eigenvalue weighted by molar-refractivity contribution is 6.01. The van der Waals surface area contributed by atoms with Crippen molar-refractivity contribution in [1.82, 2.24) is 9.80 Å². The molecule has 3 aromatic carbocycles. The molecule has 0 spiro atoms. The Morgan fingerprint density at radius 3 is 2.34 bits per heavy atom. The Balaban J connectivity index is 1.27. The van der Waals surface area contributed by atoms with Gasteiger partial charge < -0.3 is 19.6 Å². The minimum absolute atomic E-state index is 0.174. The third-order valence-corrected chi connectivity index (χ3v) is 9.75. The molecule has 2 atom stereocenters. The molecule has 1 N–H and O–H groups in total. The molecule has 2 aliphatic heterocycles. The number of aliphatic carboxylic acids is 1. The summed E-state index contributed by atoms with van der Waals surface area (Å²) in [6.07, 6.45) is 5.16. The van der Waals surface area contributed by atoms with Gasteiger partial charge in [0.25, 0.3) is 0 Å². The second-order valence-electron chi connectivity index (χ2n) is 13.1. The van der Waals surface area contributed by atoms with Crippen LogP contribution in [0.3, 0.4) is 0 Å². The van der Waals surface area contributed by atoms with Gasteiger partial charge in [-0.3, -0.25) is 19.3 Å². The molecule has 0 aromatic heterocycles. The van der Waals surface area contributed by atoms with E-state index in [1.807, 2.05) is 73.7 Å². The first-order valence-electron chi connectivity index (χ1n) is 16.8. The molecular formula is C38H43N3O6. The van der Waals surface area contributed by atoms with Crippen LogP contribution in [0, 0.1) is 6.92 Å². The Bertz CT molecular complexity index is 1630. The van der Waals surface area contributed by atoms with Crippen molar-refractivity contribution in [3.63, 3.8) is 0 Å². The number of anilines is 1. The van der Waals surface area contributed by atoms with Crippen LogP contribution < -0.4 is 4.90 Å². The van der Waals surface area contributed by atoms with E-state index in [1.54, 1.807) is 9.80 Å². The Labute approximate surface area is 276 Å². The standard InChI is InChI=1S/C38H43N3O6/c1-26-10-9-11-27(20-26)18-19-39(25-35(42)40-24-30-14-6-5-12-28(30)21-31(40)23-36(43)44)37(45)34-22-29-13-7-8-17-33(29)41(34)38(46)47-32-15-3-2-4-16-32/h5-14,17,20,31-32,34H,2-4,15-16,18-19,21-25H2,1H3,(H,43,44)/t31?,34-/m1/s1. The number of carbonyl (C=O) groups excluding carboxylic acids is 3. The highest BCUT2D eigenvalue weighted by Crippen LogP contribution is 2.35. The zero-order valence-electron chi connectivity index (χ0n) is 27.0. The van der Waals surface area contributed by atoms with E-state index in [4.69, 9.17) is 4.74 Å². The number of hydrogen-bond donors (Lipinski definition) is 1. The normalized spacial score (nSPS) is 19.1. The number of nitrogens with zero attached hydrogens (tertiary/aromatic N) is 3. The van der Waals surface area contributed by atoms with Crippen LogP contribution in [-0.2, 0) is 44.9 Å². The number of benzene rings is 3. The fraction of sp³-hybridized carbons (Fsp3) is 0.421. The third kappa shape index (κ3) is 7.50. The summed E-state index contributed by atoms with van der Waals surface area (Å²) in [6.45, 7) is 2.33. The molecular weight excluding hydrogens is 594 g/mol. The van der Waals surface area contributed by atoms with Crippen molar-refractivity contribution in [2.75, 3.05) is 18.0 Å². The Morgan fingerprint density at radius 1 is 0.872 bits per heavy atom. The van der Waals surface area contributed by atoms with Crippen LogP contribution in [0.1, 0.15) is 66.3 Å². The molecule has 1 fully saturated rings. The van der Waals surface area contributed by atoms with Crippen molar-refractivity contribution in [1.29, 1.82) is 0 Å². The van der Waals surface area contributed by atoms with Gasteiger partial charge in [-0.2, -0.15) is 0 Å². The maximum Gasteiger partial charge on any atom is 0.415 e. The smallest absolute Gasteiger partial charge is 0.415 e. The SMILES string of the molecule is Cc1cccc(CCN(CC(=O)N2Cc3ccccc3CC2CC(=O)O)C(=O)[C@H]2Cc3ccccc3N2C(=O)OC2CCCCC2)c1. The number of hydrogen-bond acceptors (Lipinski definition) is 5. The number of ether oxygens (including phenoxy) is 1. The fourth-order valence-corrected chi connectivity index (χ4v) is 7.32. The average molecular weight is 638 g/mol. The number of rotatable bonds is 9. The minimum Gasteiger partial charge on any atom is -0.481 e. The molecule has 3 aromatic rings. The zero-order chi connectivity index (χ0) is 32.9. The van der Waals surface area contributed by atoms with Crippen LogP contribution in [-0.4, -0.2) is 70.1 Å². The first kappa shape index (κ1) is 32.3. The Morgan fingerprint density at radius 2 is 1.60 bits per heavy atom. The molecule has 2 heterocycles. The number of amides is 3. The average Bonchev–Trinajstić information content (AvgIpc) is 3.46. The maximum atomic E-state index is 14.6. The number of carboxylic acid groups (broad SMARTS) is 1. The van der Waals surface area contributed by atoms with Crippen LogP contribution in [0.2, 0.25) is 0 Å². The van der Waals surface area contributed by atoms with Crippen molar-refractivity contribution in [2.45, 2.75) is 89.4 Å². The molecule has 1 unspecified atom stereocenters. The second-order valence-corrected chi connectivity index (χ2v) is 13.1. The van der Waals surface area contributed by atoms with Gasteiger partial charge in [0.1, 0.15) is 12.1 Å². The lowest BCUT2D eigenvalue weighted by Gasteiger charge is -2.38. The largest absolute Gasteiger partial charge is 0.481 e. The van der Waals surface area contributed by atoms with Gasteiger partial charge in [-0.05, 0) is 73.8 Å². The van der Waals surface area contributed by atoms with Gasteiger partial charge in [-0.25, -0.2) is 4.79 Å². The topological polar surface area (TPSA) is 107 Å². The highest BCUT2D eigenvalue weighted by atomic mass is 16.6. The molecule has 47 heavy (non-hydrogen) atoms. The quantitative estimate of drug-likeness (QED) is 0.323. The zero-order valence-corrected chi connectivity index (χ0v) is 27.0. The molecule has 3 aliphatic rings. The maximum absolute atomic E-state index is 14.6. The van der Waals surface area contributed by atoms with Gasteiger partial charge in [0.15, 0.2) is 0 Å². The number of carbonyl (C=O) groups is 4. The molecule has 1 saturated carbocycles. The van der Waals surface area contributed by atoms with E-state index in [0.29, 0.717) is 24.9 Å². The lowest BCUT2D eigenvalue weighted by atomic mass is 9.92. The number of carboxylic acids is 1. The summed E-state index contributed by atoms with van der Waals surface area (Å²) in [5.74, 6) is -1.61. The van der Waals surface area contributed by atoms with Gasteiger partial charge in [-0.1, -0.05) is 78.7 Å². The lowest BCUT2D eigenvalue weighted by molar-refractivity contribution is -0.145.